The molecule has 0 saturated carbocycles. The second kappa shape index (κ2) is 8.57. The molecular weight excluding hydrogens is 448 g/mol. The van der Waals surface area contributed by atoms with Gasteiger partial charge in [0.1, 0.15) is 10.7 Å². The van der Waals surface area contributed by atoms with Gasteiger partial charge in [-0.15, -0.1) is 11.3 Å². The molecule has 0 aliphatic carbocycles. The van der Waals surface area contributed by atoms with Crippen LogP contribution in [0.15, 0.2) is 58.6 Å². The molecule has 0 bridgehead atoms. The van der Waals surface area contributed by atoms with Gasteiger partial charge < -0.3 is 5.32 Å². The molecule has 0 fully saturated rings. The van der Waals surface area contributed by atoms with E-state index >= 15 is 0 Å². The van der Waals surface area contributed by atoms with Gasteiger partial charge in [0, 0.05) is 16.6 Å². The summed E-state index contributed by atoms with van der Waals surface area (Å²) in [6, 6.07) is 11.9. The Morgan fingerprint density at radius 2 is 1.75 bits per heavy atom. The number of rotatable bonds is 5. The van der Waals surface area contributed by atoms with Gasteiger partial charge in [0.15, 0.2) is 5.13 Å². The van der Waals surface area contributed by atoms with Crippen LogP contribution < -0.4 is 15.5 Å². The van der Waals surface area contributed by atoms with Gasteiger partial charge in [0.2, 0.25) is 0 Å². The Morgan fingerprint density at radius 1 is 1.03 bits per heavy atom. The van der Waals surface area contributed by atoms with Gasteiger partial charge in [0.25, 0.3) is 17.7 Å². The van der Waals surface area contributed by atoms with Crippen LogP contribution in [0.3, 0.4) is 0 Å². The van der Waals surface area contributed by atoms with Crippen molar-refractivity contribution in [2.24, 2.45) is 0 Å². The molecule has 2 aromatic carbocycles. The van der Waals surface area contributed by atoms with Crippen molar-refractivity contribution in [3.05, 3.63) is 81.0 Å². The number of carbonyl (C=O) groups excluding carboxylic acids is 3. The van der Waals surface area contributed by atoms with Crippen molar-refractivity contribution < 1.29 is 14.4 Å². The van der Waals surface area contributed by atoms with E-state index in [2.05, 4.69) is 15.6 Å². The van der Waals surface area contributed by atoms with E-state index in [4.69, 9.17) is 11.6 Å². The number of hydrogen-bond donors (Lipinski definition) is 2. The number of halogens is 1. The normalized spacial score (nSPS) is 13.7. The lowest BCUT2D eigenvalue weighted by atomic mass is 10.1. The standard InChI is InChI=1S/C23H19ClN4O3S/c1-12-5-4-6-17(14(12)3)28-21(30)18(24)19(22(28)31)26-16-9-7-15(8-10-16)20(29)27-23-25-13(2)11-32-23/h4-11,26H,1-3H3,(H,25,27,29). The molecule has 3 amide bonds. The van der Waals surface area contributed by atoms with Crippen molar-refractivity contribution in [3.63, 3.8) is 0 Å². The van der Waals surface area contributed by atoms with E-state index in [-0.39, 0.29) is 16.6 Å². The second-order valence-corrected chi connectivity index (χ2v) is 8.54. The Morgan fingerprint density at radius 3 is 2.41 bits per heavy atom. The zero-order valence-electron chi connectivity index (χ0n) is 17.5. The highest BCUT2D eigenvalue weighted by atomic mass is 35.5. The van der Waals surface area contributed by atoms with Crippen molar-refractivity contribution in [1.82, 2.24) is 4.98 Å². The van der Waals surface area contributed by atoms with Crippen molar-refractivity contribution in [2.45, 2.75) is 20.8 Å². The zero-order chi connectivity index (χ0) is 23.0. The lowest BCUT2D eigenvalue weighted by Gasteiger charge is -2.18. The average Bonchev–Trinajstić information content (AvgIpc) is 3.27. The molecule has 1 aliphatic rings. The quantitative estimate of drug-likeness (QED) is 0.529. The van der Waals surface area contributed by atoms with Gasteiger partial charge in [-0.05, 0) is 62.2 Å². The summed E-state index contributed by atoms with van der Waals surface area (Å²) in [7, 11) is 0. The van der Waals surface area contributed by atoms with Crippen molar-refractivity contribution >= 4 is 57.2 Å². The highest BCUT2D eigenvalue weighted by Crippen LogP contribution is 2.33. The van der Waals surface area contributed by atoms with Crippen LogP contribution in [0.25, 0.3) is 0 Å². The number of aryl methyl sites for hydroxylation is 2. The van der Waals surface area contributed by atoms with Crippen LogP contribution in [0.5, 0.6) is 0 Å². The van der Waals surface area contributed by atoms with Crippen LogP contribution in [0.1, 0.15) is 27.2 Å². The maximum Gasteiger partial charge on any atom is 0.283 e. The van der Waals surface area contributed by atoms with Crippen LogP contribution in [0.4, 0.5) is 16.5 Å². The number of benzene rings is 2. The van der Waals surface area contributed by atoms with Crippen LogP contribution in [0, 0.1) is 20.8 Å². The summed E-state index contributed by atoms with van der Waals surface area (Å²) in [6.45, 7) is 5.61. The molecule has 3 aromatic rings. The molecule has 32 heavy (non-hydrogen) atoms. The first kappa shape index (κ1) is 21.7. The number of hydrogen-bond acceptors (Lipinski definition) is 6. The fraction of sp³-hybridized carbons (Fsp3) is 0.130. The number of anilines is 3. The number of aromatic nitrogens is 1. The molecule has 0 unspecified atom stereocenters. The van der Waals surface area contributed by atoms with Crippen LogP contribution in [-0.4, -0.2) is 22.7 Å². The lowest BCUT2D eigenvalue weighted by molar-refractivity contribution is -0.120. The first-order valence-electron chi connectivity index (χ1n) is 9.71. The minimum Gasteiger partial charge on any atom is -0.350 e. The van der Waals surface area contributed by atoms with Crippen LogP contribution >= 0.6 is 22.9 Å². The van der Waals surface area contributed by atoms with E-state index in [0.29, 0.717) is 22.1 Å². The van der Waals surface area contributed by atoms with Gasteiger partial charge >= 0.3 is 0 Å². The predicted molar refractivity (Wildman–Crippen MR) is 126 cm³/mol. The molecule has 2 N–H and O–H groups in total. The summed E-state index contributed by atoms with van der Waals surface area (Å²) < 4.78 is 0. The zero-order valence-corrected chi connectivity index (χ0v) is 19.1. The number of nitrogens with zero attached hydrogens (tertiary/aromatic N) is 2. The molecule has 4 rings (SSSR count). The highest BCUT2D eigenvalue weighted by Gasteiger charge is 2.39. The van der Waals surface area contributed by atoms with E-state index in [1.807, 2.05) is 32.2 Å². The van der Waals surface area contributed by atoms with E-state index in [1.165, 1.54) is 11.3 Å². The topological polar surface area (TPSA) is 91.4 Å². The monoisotopic (exact) mass is 466 g/mol. The van der Waals surface area contributed by atoms with E-state index in [0.717, 1.165) is 21.7 Å². The molecule has 162 valence electrons. The van der Waals surface area contributed by atoms with Crippen molar-refractivity contribution in [2.75, 3.05) is 15.5 Å². The van der Waals surface area contributed by atoms with E-state index in [1.54, 1.807) is 36.4 Å². The summed E-state index contributed by atoms with van der Waals surface area (Å²) >= 11 is 7.57. The largest absolute Gasteiger partial charge is 0.350 e. The van der Waals surface area contributed by atoms with Gasteiger partial charge in [-0.2, -0.15) is 0 Å². The third-order valence-corrected chi connectivity index (χ3v) is 6.33. The number of carbonyl (C=O) groups is 3. The Labute approximate surface area is 193 Å². The maximum absolute atomic E-state index is 13.0. The fourth-order valence-electron chi connectivity index (χ4n) is 3.24. The van der Waals surface area contributed by atoms with Gasteiger partial charge in [-0.25, -0.2) is 9.88 Å². The number of thiazole rings is 1. The molecule has 0 saturated heterocycles. The molecule has 9 heteroatoms. The Balaban J connectivity index is 1.51. The summed E-state index contributed by atoms with van der Waals surface area (Å²) in [5.74, 6) is -1.41. The van der Waals surface area contributed by atoms with Crippen molar-refractivity contribution in [3.8, 4) is 0 Å². The summed E-state index contributed by atoms with van der Waals surface area (Å²) in [4.78, 5) is 43.4. The smallest absolute Gasteiger partial charge is 0.283 e. The Hall–Kier alpha value is -3.49. The minimum atomic E-state index is -0.581. The molecule has 2 heterocycles. The second-order valence-electron chi connectivity index (χ2n) is 7.30. The van der Waals surface area contributed by atoms with Crippen LogP contribution in [-0.2, 0) is 9.59 Å². The number of nitrogens with one attached hydrogen (secondary N) is 2. The average molecular weight is 467 g/mol. The third-order valence-electron chi connectivity index (χ3n) is 5.10. The molecule has 0 atom stereocenters. The maximum atomic E-state index is 13.0. The van der Waals surface area contributed by atoms with E-state index in [9.17, 15) is 14.4 Å². The van der Waals surface area contributed by atoms with Crippen LogP contribution in [0.2, 0.25) is 0 Å². The summed E-state index contributed by atoms with van der Waals surface area (Å²) in [6.07, 6.45) is 0. The predicted octanol–water partition coefficient (Wildman–Crippen LogP) is 4.76. The lowest BCUT2D eigenvalue weighted by Crippen LogP contribution is -2.33. The molecule has 0 radical (unpaired) electrons. The first-order valence-corrected chi connectivity index (χ1v) is 11.0. The van der Waals surface area contributed by atoms with E-state index < -0.39 is 11.8 Å². The summed E-state index contributed by atoms with van der Waals surface area (Å²) in [5.41, 5.74) is 4.05. The van der Waals surface area contributed by atoms with Gasteiger partial charge in [0.05, 0.1) is 11.4 Å². The minimum absolute atomic E-state index is 0.00645. The van der Waals surface area contributed by atoms with Gasteiger partial charge in [-0.3, -0.25) is 19.7 Å². The first-order chi connectivity index (χ1) is 15.3. The molecule has 1 aliphatic heterocycles. The molecular formula is C23H19ClN4O3S. The fourth-order valence-corrected chi connectivity index (χ4v) is 4.13. The molecule has 7 nitrogen and oxygen atoms in total. The summed E-state index contributed by atoms with van der Waals surface area (Å²) in [5, 5.41) is 7.84. The molecule has 0 spiro atoms. The number of imide groups is 1. The highest BCUT2D eigenvalue weighted by molar-refractivity contribution is 7.13. The number of amides is 3. The van der Waals surface area contributed by atoms with Gasteiger partial charge in [-0.1, -0.05) is 23.7 Å². The molecule has 1 aromatic heterocycles. The SMILES string of the molecule is Cc1csc(NC(=O)c2ccc(NC3=C(Cl)C(=O)N(c4cccc(C)c4C)C3=O)cc2)n1. The van der Waals surface area contributed by atoms with Crippen molar-refractivity contribution in [1.29, 1.82) is 0 Å². The third kappa shape index (κ3) is 4.02. The Bertz CT molecular complexity index is 1280. The Kier molecular flexibility index (Phi) is 5.82.